The first-order valence-electron chi connectivity index (χ1n) is 17.7. The SMILES string of the molecule is COc1ccccc1[C@H](c1nnnn1Cc1ccc2c(c1)OCO2)N1CCN([C@@H](c2ccccc2OC)c2nnnn2Cc2ccc3c(c2)OCO3)CC1. The molecule has 5 heterocycles. The van der Waals surface area contributed by atoms with Crippen molar-refractivity contribution in [3.8, 4) is 34.5 Å². The van der Waals surface area contributed by atoms with Gasteiger partial charge in [0.15, 0.2) is 34.6 Å². The van der Waals surface area contributed by atoms with Crippen LogP contribution < -0.4 is 28.4 Å². The highest BCUT2D eigenvalue weighted by atomic mass is 16.7. The third kappa shape index (κ3) is 6.39. The molecular formula is C38H38N10O6. The minimum atomic E-state index is -0.298. The highest BCUT2D eigenvalue weighted by Crippen LogP contribution is 2.39. The van der Waals surface area contributed by atoms with Gasteiger partial charge in [-0.15, -0.1) is 10.2 Å². The van der Waals surface area contributed by atoms with Crippen LogP contribution in [0.2, 0.25) is 0 Å². The van der Waals surface area contributed by atoms with Crippen molar-refractivity contribution in [2.45, 2.75) is 25.2 Å². The van der Waals surface area contributed by atoms with E-state index in [-0.39, 0.29) is 25.7 Å². The van der Waals surface area contributed by atoms with Crippen LogP contribution in [0.25, 0.3) is 0 Å². The molecule has 0 N–H and O–H groups in total. The van der Waals surface area contributed by atoms with Gasteiger partial charge in [0.25, 0.3) is 0 Å². The van der Waals surface area contributed by atoms with Crippen LogP contribution in [0.3, 0.4) is 0 Å². The van der Waals surface area contributed by atoms with Crippen molar-refractivity contribution in [3.05, 3.63) is 119 Å². The Labute approximate surface area is 310 Å². The normalized spacial score (nSPS) is 16.3. The van der Waals surface area contributed by atoms with Gasteiger partial charge in [-0.2, -0.15) is 0 Å². The van der Waals surface area contributed by atoms with Crippen molar-refractivity contribution in [1.29, 1.82) is 0 Å². The number of ether oxygens (including phenoxy) is 6. The Morgan fingerprint density at radius 3 is 1.43 bits per heavy atom. The van der Waals surface area contributed by atoms with E-state index in [1.165, 1.54) is 0 Å². The van der Waals surface area contributed by atoms with Crippen LogP contribution in [0.15, 0.2) is 84.9 Å². The first-order valence-corrected chi connectivity index (χ1v) is 17.7. The summed E-state index contributed by atoms with van der Waals surface area (Å²) in [5.41, 5.74) is 3.94. The lowest BCUT2D eigenvalue weighted by Crippen LogP contribution is -2.50. The van der Waals surface area contributed by atoms with Gasteiger partial charge in [-0.25, -0.2) is 9.36 Å². The Hall–Kier alpha value is -6.26. The minimum Gasteiger partial charge on any atom is -0.496 e. The molecule has 276 valence electrons. The van der Waals surface area contributed by atoms with Crippen LogP contribution in [0.5, 0.6) is 34.5 Å². The van der Waals surface area contributed by atoms with Gasteiger partial charge in [0.05, 0.1) is 27.3 Å². The Bertz CT molecular complexity index is 2100. The number of para-hydroxylation sites is 2. The van der Waals surface area contributed by atoms with Crippen LogP contribution in [0, 0.1) is 0 Å². The molecule has 0 aliphatic carbocycles. The number of tetrazole rings is 2. The molecule has 0 unspecified atom stereocenters. The molecule has 0 spiro atoms. The molecule has 2 aromatic heterocycles. The number of piperazine rings is 1. The lowest BCUT2D eigenvalue weighted by atomic mass is 9.99. The van der Waals surface area contributed by atoms with Gasteiger partial charge in [0.2, 0.25) is 13.6 Å². The fraction of sp³-hybridized carbons (Fsp3) is 0.316. The van der Waals surface area contributed by atoms with Crippen LogP contribution in [-0.4, -0.2) is 104 Å². The second kappa shape index (κ2) is 14.6. The third-order valence-corrected chi connectivity index (χ3v) is 10.1. The van der Waals surface area contributed by atoms with E-state index in [4.69, 9.17) is 28.4 Å². The molecule has 6 aromatic rings. The summed E-state index contributed by atoms with van der Waals surface area (Å²) in [6.45, 7) is 4.08. The van der Waals surface area contributed by atoms with Crippen LogP contribution in [0.4, 0.5) is 0 Å². The van der Waals surface area contributed by atoms with E-state index < -0.39 is 0 Å². The lowest BCUT2D eigenvalue weighted by Gasteiger charge is -2.42. The van der Waals surface area contributed by atoms with Crippen molar-refractivity contribution >= 4 is 0 Å². The molecule has 0 radical (unpaired) electrons. The summed E-state index contributed by atoms with van der Waals surface area (Å²) in [5.74, 6) is 5.83. The number of benzene rings is 4. The zero-order valence-corrected chi connectivity index (χ0v) is 29.8. The van der Waals surface area contributed by atoms with Crippen LogP contribution in [-0.2, 0) is 13.1 Å². The van der Waals surface area contributed by atoms with Crippen LogP contribution in [0.1, 0.15) is 46.0 Å². The number of rotatable bonds is 12. The molecule has 4 aromatic carbocycles. The predicted octanol–water partition coefficient (Wildman–Crippen LogP) is 3.73. The largest absolute Gasteiger partial charge is 0.496 e. The number of aromatic nitrogens is 8. The van der Waals surface area contributed by atoms with E-state index in [0.717, 1.165) is 45.3 Å². The Balaban J connectivity index is 1.03. The fourth-order valence-electron chi connectivity index (χ4n) is 7.50. The molecule has 0 amide bonds. The zero-order valence-electron chi connectivity index (χ0n) is 29.8. The highest BCUT2D eigenvalue weighted by molar-refractivity contribution is 5.46. The van der Waals surface area contributed by atoms with Gasteiger partial charge in [0, 0.05) is 37.3 Å². The second-order valence-electron chi connectivity index (χ2n) is 13.1. The minimum absolute atomic E-state index is 0.212. The number of nitrogens with zero attached hydrogens (tertiary/aromatic N) is 10. The van der Waals surface area contributed by atoms with Crippen molar-refractivity contribution in [2.75, 3.05) is 54.0 Å². The van der Waals surface area contributed by atoms with Gasteiger partial charge >= 0.3 is 0 Å². The summed E-state index contributed by atoms with van der Waals surface area (Å²) in [6, 6.07) is 27.3. The predicted molar refractivity (Wildman–Crippen MR) is 192 cm³/mol. The van der Waals surface area contributed by atoms with E-state index in [1.807, 2.05) is 82.2 Å². The van der Waals surface area contributed by atoms with Gasteiger partial charge in [-0.05, 0) is 68.4 Å². The topological polar surface area (TPSA) is 149 Å². The first kappa shape index (κ1) is 33.6. The molecule has 1 fully saturated rings. The van der Waals surface area contributed by atoms with E-state index in [1.54, 1.807) is 14.2 Å². The standard InChI is InChI=1S/C38H38N10O6/c1-49-29-9-5-3-7-27(29)35(37-39-41-43-47(37)21-25-11-13-31-33(19-25)53-23-51-31)45-15-17-46(18-16-45)36(28-8-4-6-10-30(28)50-2)38-40-42-44-48(38)22-26-12-14-32-34(20-26)54-24-52-32/h3-14,19-20,35-36H,15-18,21-24H2,1-2H3/t35-,36+. The quantitative estimate of drug-likeness (QED) is 0.180. The molecule has 2 atom stereocenters. The van der Waals surface area contributed by atoms with E-state index in [9.17, 15) is 0 Å². The molecule has 9 rings (SSSR count). The maximum absolute atomic E-state index is 5.90. The van der Waals surface area contributed by atoms with Crippen molar-refractivity contribution < 1.29 is 28.4 Å². The first-order chi connectivity index (χ1) is 26.7. The number of hydrogen-bond acceptors (Lipinski definition) is 14. The summed E-state index contributed by atoms with van der Waals surface area (Å²) in [6.07, 6.45) is 0. The molecule has 1 saturated heterocycles. The average molecular weight is 731 g/mol. The van der Waals surface area contributed by atoms with E-state index >= 15 is 0 Å². The van der Waals surface area contributed by atoms with Gasteiger partial charge in [0.1, 0.15) is 23.6 Å². The highest BCUT2D eigenvalue weighted by Gasteiger charge is 2.37. The molecule has 0 saturated carbocycles. The number of hydrogen-bond donors (Lipinski definition) is 0. The van der Waals surface area contributed by atoms with Crippen molar-refractivity contribution in [3.63, 3.8) is 0 Å². The summed E-state index contributed by atoms with van der Waals surface area (Å²) in [4.78, 5) is 4.82. The Morgan fingerprint density at radius 1 is 0.556 bits per heavy atom. The molecule has 3 aliphatic heterocycles. The maximum atomic E-state index is 5.90. The maximum Gasteiger partial charge on any atom is 0.231 e. The molecule has 3 aliphatic rings. The monoisotopic (exact) mass is 730 g/mol. The van der Waals surface area contributed by atoms with Crippen molar-refractivity contribution in [2.24, 2.45) is 0 Å². The average Bonchev–Trinajstić information content (AvgIpc) is 4.05. The number of methoxy groups -OCH3 is 2. The molecule has 16 heteroatoms. The summed E-state index contributed by atoms with van der Waals surface area (Å²) >= 11 is 0. The Kier molecular flexibility index (Phi) is 9.10. The summed E-state index contributed by atoms with van der Waals surface area (Å²) in [7, 11) is 3.38. The lowest BCUT2D eigenvalue weighted by molar-refractivity contribution is 0.0810. The zero-order chi connectivity index (χ0) is 36.4. The van der Waals surface area contributed by atoms with Crippen LogP contribution >= 0.6 is 0 Å². The molecular weight excluding hydrogens is 692 g/mol. The summed E-state index contributed by atoms with van der Waals surface area (Å²) < 4.78 is 37.8. The fourth-order valence-corrected chi connectivity index (χ4v) is 7.50. The number of fused-ring (bicyclic) bond motifs is 2. The van der Waals surface area contributed by atoms with Crippen molar-refractivity contribution in [1.82, 2.24) is 50.2 Å². The molecule has 0 bridgehead atoms. The van der Waals surface area contributed by atoms with E-state index in [0.29, 0.717) is 62.4 Å². The smallest absolute Gasteiger partial charge is 0.231 e. The Morgan fingerprint density at radius 2 is 0.981 bits per heavy atom. The van der Waals surface area contributed by atoms with E-state index in [2.05, 4.69) is 53.0 Å². The van der Waals surface area contributed by atoms with Gasteiger partial charge < -0.3 is 28.4 Å². The molecule has 54 heavy (non-hydrogen) atoms. The van der Waals surface area contributed by atoms with Gasteiger partial charge in [-0.3, -0.25) is 9.80 Å². The van der Waals surface area contributed by atoms with Gasteiger partial charge in [-0.1, -0.05) is 48.5 Å². The summed E-state index contributed by atoms with van der Waals surface area (Å²) in [5, 5.41) is 26.5. The molecule has 16 nitrogen and oxygen atoms in total. The third-order valence-electron chi connectivity index (χ3n) is 10.1. The second-order valence-corrected chi connectivity index (χ2v) is 13.1.